The van der Waals surface area contributed by atoms with Gasteiger partial charge in [-0.25, -0.2) is 0 Å². The summed E-state index contributed by atoms with van der Waals surface area (Å²) in [5.41, 5.74) is 12.6. The summed E-state index contributed by atoms with van der Waals surface area (Å²) < 4.78 is 0. The molecule has 108 valence electrons. The minimum absolute atomic E-state index is 0. The molecule has 0 radical (unpaired) electrons. The molecule has 0 spiro atoms. The molecule has 5 rings (SSSR count). The van der Waals surface area contributed by atoms with Gasteiger partial charge in [-0.3, -0.25) is 0 Å². The van der Waals surface area contributed by atoms with Crippen molar-refractivity contribution in [3.05, 3.63) is 81.0 Å². The number of fused-ring (bicyclic) bond motifs is 1. The van der Waals surface area contributed by atoms with E-state index in [-0.39, 0.29) is 1.43 Å². The van der Waals surface area contributed by atoms with Crippen LogP contribution in [0.15, 0.2) is 81.0 Å². The molecule has 0 aromatic rings. The molecule has 0 fully saturated rings. The third kappa shape index (κ3) is 2.23. The molecule has 0 aliphatic heterocycles. The highest BCUT2D eigenvalue weighted by Gasteiger charge is 2.26. The van der Waals surface area contributed by atoms with Crippen molar-refractivity contribution >= 4 is 0 Å². The van der Waals surface area contributed by atoms with Crippen LogP contribution in [-0.4, -0.2) is 0 Å². The van der Waals surface area contributed by atoms with Crippen LogP contribution >= 0.6 is 0 Å². The van der Waals surface area contributed by atoms with E-state index in [1.54, 1.807) is 39.0 Å². The number of hydrogen-bond donors (Lipinski definition) is 0. The van der Waals surface area contributed by atoms with Crippen LogP contribution in [0.3, 0.4) is 0 Å². The van der Waals surface area contributed by atoms with E-state index in [0.717, 1.165) is 0 Å². The molecule has 21 heavy (non-hydrogen) atoms. The summed E-state index contributed by atoms with van der Waals surface area (Å²) in [5.74, 6) is 0. The van der Waals surface area contributed by atoms with Crippen LogP contribution in [0.25, 0.3) is 0 Å². The molecule has 0 atom stereocenters. The molecule has 0 nitrogen and oxygen atoms in total. The Kier molecular flexibility index (Phi) is 2.99. The van der Waals surface area contributed by atoms with Crippen molar-refractivity contribution in [1.82, 2.24) is 0 Å². The maximum atomic E-state index is 2.38. The van der Waals surface area contributed by atoms with Crippen LogP contribution in [0.1, 0.15) is 47.4 Å². The Morgan fingerprint density at radius 3 is 2.24 bits per heavy atom. The van der Waals surface area contributed by atoms with Crippen molar-refractivity contribution in [1.29, 1.82) is 0 Å². The van der Waals surface area contributed by atoms with Crippen molar-refractivity contribution in [2.45, 2.75) is 46.0 Å². The quantitative estimate of drug-likeness (QED) is 0.499. The Hall–Kier alpha value is -1.82. The molecule has 0 saturated carbocycles. The molecule has 0 unspecified atom stereocenters. The van der Waals surface area contributed by atoms with Gasteiger partial charge in [-0.2, -0.15) is 0 Å². The lowest BCUT2D eigenvalue weighted by Gasteiger charge is -2.01. The van der Waals surface area contributed by atoms with E-state index in [9.17, 15) is 0 Å². The van der Waals surface area contributed by atoms with Crippen molar-refractivity contribution in [3.63, 3.8) is 0 Å². The molecule has 0 aromatic carbocycles. The Labute approximate surface area is 129 Å². The van der Waals surface area contributed by atoms with Gasteiger partial charge in [-0.1, -0.05) is 47.6 Å². The average Bonchev–Trinajstić information content (AvgIpc) is 3.14. The SMILES string of the molecule is CC1=CC2=C(C1)C1=C(C=CC1)C2.CC1=CC2=C(C=CC2)C1.[2HH]. The van der Waals surface area contributed by atoms with Gasteiger partial charge in [0.25, 0.3) is 0 Å². The van der Waals surface area contributed by atoms with Crippen molar-refractivity contribution in [2.24, 2.45) is 0 Å². The second-order valence-corrected chi connectivity index (χ2v) is 6.78. The minimum Gasteiger partial charge on any atom is -0.0798 e. The molecule has 0 saturated heterocycles. The van der Waals surface area contributed by atoms with Gasteiger partial charge in [-0.05, 0) is 79.4 Å². The van der Waals surface area contributed by atoms with Crippen molar-refractivity contribution in [3.8, 4) is 0 Å². The first-order valence-electron chi connectivity index (χ1n) is 8.04. The van der Waals surface area contributed by atoms with Gasteiger partial charge in [-0.15, -0.1) is 0 Å². The highest BCUT2D eigenvalue weighted by atomic mass is 14.3. The predicted molar refractivity (Wildman–Crippen MR) is 92.1 cm³/mol. The summed E-state index contributed by atoms with van der Waals surface area (Å²) in [6, 6.07) is 0. The number of hydrogen-bond acceptors (Lipinski definition) is 0. The van der Waals surface area contributed by atoms with Crippen LogP contribution in [0.2, 0.25) is 0 Å². The molecule has 0 aromatic heterocycles. The lowest BCUT2D eigenvalue weighted by molar-refractivity contribution is 1.12. The Balaban J connectivity index is 0.000000130. The Morgan fingerprint density at radius 1 is 0.667 bits per heavy atom. The van der Waals surface area contributed by atoms with E-state index in [0.29, 0.717) is 0 Å². The maximum absolute atomic E-state index is 2.38. The summed E-state index contributed by atoms with van der Waals surface area (Å²) >= 11 is 0. The van der Waals surface area contributed by atoms with Gasteiger partial charge in [0.15, 0.2) is 0 Å². The Bertz CT molecular complexity index is 730. The highest BCUT2D eigenvalue weighted by Crippen LogP contribution is 2.45. The van der Waals surface area contributed by atoms with Crippen molar-refractivity contribution in [2.75, 3.05) is 0 Å². The summed E-state index contributed by atoms with van der Waals surface area (Å²) in [5, 5.41) is 0. The van der Waals surface area contributed by atoms with Crippen LogP contribution in [0.5, 0.6) is 0 Å². The first-order valence-corrected chi connectivity index (χ1v) is 8.04. The summed E-state index contributed by atoms with van der Waals surface area (Å²) in [6.07, 6.45) is 19.8. The smallest absolute Gasteiger partial charge is 0 e. The van der Waals surface area contributed by atoms with Crippen molar-refractivity contribution < 1.29 is 1.43 Å². The molecule has 5 aliphatic rings. The van der Waals surface area contributed by atoms with Gasteiger partial charge < -0.3 is 0 Å². The van der Waals surface area contributed by atoms with Crippen LogP contribution < -0.4 is 0 Å². The molecule has 0 heteroatoms. The summed E-state index contributed by atoms with van der Waals surface area (Å²) in [7, 11) is 0. The van der Waals surface area contributed by atoms with E-state index >= 15 is 0 Å². The lowest BCUT2D eigenvalue weighted by atomic mass is 10.0. The van der Waals surface area contributed by atoms with E-state index in [4.69, 9.17) is 0 Å². The second-order valence-electron chi connectivity index (χ2n) is 6.78. The van der Waals surface area contributed by atoms with E-state index in [1.165, 1.54) is 37.7 Å². The third-order valence-electron chi connectivity index (χ3n) is 5.00. The Morgan fingerprint density at radius 2 is 1.38 bits per heavy atom. The number of allylic oxidation sites excluding steroid dienone is 14. The first kappa shape index (κ1) is 12.9. The molecule has 0 amide bonds. The fraction of sp³-hybridized carbons (Fsp3) is 0.333. The lowest BCUT2D eigenvalue weighted by Crippen LogP contribution is -1.83. The van der Waals surface area contributed by atoms with E-state index < -0.39 is 0 Å². The van der Waals surface area contributed by atoms with Crippen LogP contribution in [0.4, 0.5) is 0 Å². The molecule has 0 N–H and O–H groups in total. The zero-order chi connectivity index (χ0) is 14.4. The number of rotatable bonds is 0. The van der Waals surface area contributed by atoms with Gasteiger partial charge >= 0.3 is 0 Å². The van der Waals surface area contributed by atoms with E-state index in [1.807, 2.05) is 0 Å². The standard InChI is InChI=1S/C12H12.C9H10.H2/c1-8-5-10-7-9-3-2-4-11(9)12(10)6-8;1-7-5-8-3-2-4-9(8)6-7;/h2-3,5H,4,6-7H2,1H3;2-3,6H,4-5H2,1H3;1H/i;;1+1. The summed E-state index contributed by atoms with van der Waals surface area (Å²) in [6.45, 7) is 4.44. The maximum Gasteiger partial charge on any atom is 0 e. The predicted octanol–water partition coefficient (Wildman–Crippen LogP) is 6.13. The van der Waals surface area contributed by atoms with Crippen LogP contribution in [0, 0.1) is 0 Å². The highest BCUT2D eigenvalue weighted by molar-refractivity contribution is 5.62. The topological polar surface area (TPSA) is 0 Å². The van der Waals surface area contributed by atoms with E-state index in [2.05, 4.69) is 50.3 Å². The van der Waals surface area contributed by atoms with Gasteiger partial charge in [0.1, 0.15) is 0 Å². The fourth-order valence-electron chi connectivity index (χ4n) is 4.06. The summed E-state index contributed by atoms with van der Waals surface area (Å²) in [4.78, 5) is 0. The molecular formula is C21H24. The zero-order valence-corrected chi connectivity index (χ0v) is 13.0. The van der Waals surface area contributed by atoms with Gasteiger partial charge in [0, 0.05) is 1.43 Å². The van der Waals surface area contributed by atoms with Gasteiger partial charge in [0.05, 0.1) is 0 Å². The first-order chi connectivity index (χ1) is 10.2. The van der Waals surface area contributed by atoms with Crippen LogP contribution in [-0.2, 0) is 0 Å². The molecule has 0 heterocycles. The van der Waals surface area contributed by atoms with Gasteiger partial charge in [0.2, 0.25) is 0 Å². The fourth-order valence-corrected chi connectivity index (χ4v) is 4.06. The molecular weight excluding hydrogens is 252 g/mol. The normalized spacial score (nSPS) is 24.3. The largest absolute Gasteiger partial charge is 0.0798 e. The zero-order valence-electron chi connectivity index (χ0n) is 13.0. The third-order valence-corrected chi connectivity index (χ3v) is 5.00. The second kappa shape index (κ2) is 4.87. The molecule has 5 aliphatic carbocycles. The average molecular weight is 277 g/mol. The monoisotopic (exact) mass is 277 g/mol. The minimum atomic E-state index is 0. The molecule has 0 bridgehead atoms.